The Balaban J connectivity index is 2.79. The molecule has 0 heterocycles. The molecule has 0 spiro atoms. The second kappa shape index (κ2) is 6.20. The van der Waals surface area contributed by atoms with E-state index in [1.165, 1.54) is 0 Å². The van der Waals surface area contributed by atoms with Gasteiger partial charge in [0.15, 0.2) is 6.61 Å². The lowest BCUT2D eigenvalue weighted by Gasteiger charge is -2.10. The number of carbonyl (C=O) groups is 2. The number of alkyl halides is 6. The maximum absolute atomic E-state index is 12.9. The highest BCUT2D eigenvalue weighted by Gasteiger charge is 2.35. The van der Waals surface area contributed by atoms with Crippen LogP contribution in [0.25, 0.3) is 0 Å². The lowest BCUT2D eigenvalue weighted by atomic mass is 10.2. The predicted molar refractivity (Wildman–Crippen MR) is 54.1 cm³/mol. The van der Waals surface area contributed by atoms with Crippen molar-refractivity contribution in [2.75, 3.05) is 6.61 Å². The standard InChI is InChI=1S/C11H5F7O4/c12-7-2-1-5(3-6(7)11(16,17)18)22-9(20)8(19)21-4-10(13,14)15/h1-3H,4H2. The number of hydrogen-bond acceptors (Lipinski definition) is 4. The minimum Gasteiger partial charge on any atom is -0.448 e. The molecule has 0 radical (unpaired) electrons. The Bertz CT molecular complexity index is 577. The summed E-state index contributed by atoms with van der Waals surface area (Å²) < 4.78 is 92.9. The van der Waals surface area contributed by atoms with Crippen molar-refractivity contribution in [3.05, 3.63) is 29.6 Å². The Morgan fingerprint density at radius 3 is 2.09 bits per heavy atom. The molecule has 22 heavy (non-hydrogen) atoms. The van der Waals surface area contributed by atoms with Gasteiger partial charge < -0.3 is 9.47 Å². The van der Waals surface area contributed by atoms with Gasteiger partial charge in [-0.3, -0.25) is 0 Å². The molecule has 0 atom stereocenters. The summed E-state index contributed by atoms with van der Waals surface area (Å²) in [5.74, 6) is -6.59. The summed E-state index contributed by atoms with van der Waals surface area (Å²) in [5.41, 5.74) is -1.78. The molecule has 0 aliphatic rings. The van der Waals surface area contributed by atoms with Crippen molar-refractivity contribution in [2.45, 2.75) is 12.4 Å². The van der Waals surface area contributed by atoms with Crippen molar-refractivity contribution in [1.29, 1.82) is 0 Å². The van der Waals surface area contributed by atoms with E-state index in [0.717, 1.165) is 0 Å². The van der Waals surface area contributed by atoms with E-state index in [2.05, 4.69) is 9.47 Å². The van der Waals surface area contributed by atoms with Crippen LogP contribution in [0, 0.1) is 5.82 Å². The average Bonchev–Trinajstić information content (AvgIpc) is 2.35. The molecule has 11 heteroatoms. The number of carbonyl (C=O) groups excluding carboxylic acids is 2. The minimum atomic E-state index is -5.09. The van der Waals surface area contributed by atoms with E-state index in [1.54, 1.807) is 0 Å². The fourth-order valence-electron chi connectivity index (χ4n) is 1.14. The highest BCUT2D eigenvalue weighted by Crippen LogP contribution is 2.33. The Morgan fingerprint density at radius 1 is 1.00 bits per heavy atom. The molecule has 1 aromatic carbocycles. The Hall–Kier alpha value is -2.33. The van der Waals surface area contributed by atoms with Crippen molar-refractivity contribution in [3.8, 4) is 5.75 Å². The van der Waals surface area contributed by atoms with Crippen LogP contribution in [0.3, 0.4) is 0 Å². The third-order valence-electron chi connectivity index (χ3n) is 1.99. The first kappa shape index (κ1) is 17.7. The largest absolute Gasteiger partial charge is 0.448 e. The zero-order valence-corrected chi connectivity index (χ0v) is 10.2. The van der Waals surface area contributed by atoms with Crippen molar-refractivity contribution in [1.82, 2.24) is 0 Å². The molecule has 0 bridgehead atoms. The Labute approximate surface area is 117 Å². The van der Waals surface area contributed by atoms with Gasteiger partial charge >= 0.3 is 24.3 Å². The molecular weight excluding hydrogens is 329 g/mol. The Kier molecular flexibility index (Phi) is 4.99. The molecule has 0 N–H and O–H groups in total. The lowest BCUT2D eigenvalue weighted by Crippen LogP contribution is -2.28. The average molecular weight is 334 g/mol. The van der Waals surface area contributed by atoms with E-state index in [1.807, 2.05) is 0 Å². The third kappa shape index (κ3) is 5.22. The van der Waals surface area contributed by atoms with Crippen molar-refractivity contribution in [2.24, 2.45) is 0 Å². The first-order chi connectivity index (χ1) is 9.90. The van der Waals surface area contributed by atoms with Gasteiger partial charge in [0.1, 0.15) is 11.6 Å². The van der Waals surface area contributed by atoms with Gasteiger partial charge in [-0.1, -0.05) is 0 Å². The number of ether oxygens (including phenoxy) is 2. The van der Waals surface area contributed by atoms with Crippen molar-refractivity contribution < 1.29 is 49.8 Å². The van der Waals surface area contributed by atoms with Gasteiger partial charge in [0.05, 0.1) is 5.56 Å². The van der Waals surface area contributed by atoms with Crippen molar-refractivity contribution in [3.63, 3.8) is 0 Å². The molecule has 0 amide bonds. The van der Waals surface area contributed by atoms with Crippen LogP contribution in [0.5, 0.6) is 5.75 Å². The molecule has 1 rings (SSSR count). The number of rotatable bonds is 2. The van der Waals surface area contributed by atoms with E-state index in [9.17, 15) is 40.3 Å². The highest BCUT2D eigenvalue weighted by atomic mass is 19.4. The predicted octanol–water partition coefficient (Wildman–Crippen LogP) is 2.86. The number of halogens is 7. The van der Waals surface area contributed by atoms with Gasteiger partial charge in [-0.2, -0.15) is 26.3 Å². The molecule has 4 nitrogen and oxygen atoms in total. The van der Waals surface area contributed by atoms with Gasteiger partial charge in [0.2, 0.25) is 0 Å². The molecule has 1 aromatic rings. The molecule has 0 aromatic heterocycles. The van der Waals surface area contributed by atoms with Gasteiger partial charge in [-0.25, -0.2) is 14.0 Å². The summed E-state index contributed by atoms with van der Waals surface area (Å²) in [7, 11) is 0. The topological polar surface area (TPSA) is 52.6 Å². The van der Waals surface area contributed by atoms with E-state index >= 15 is 0 Å². The Morgan fingerprint density at radius 2 is 1.59 bits per heavy atom. The normalized spacial score (nSPS) is 12.0. The van der Waals surface area contributed by atoms with E-state index in [4.69, 9.17) is 0 Å². The summed E-state index contributed by atoms with van der Waals surface area (Å²) in [6, 6.07) is 0.969. The summed E-state index contributed by atoms with van der Waals surface area (Å²) >= 11 is 0. The van der Waals surface area contributed by atoms with Gasteiger partial charge in [-0.05, 0) is 18.2 Å². The van der Waals surface area contributed by atoms with Crippen LogP contribution in [-0.4, -0.2) is 24.7 Å². The van der Waals surface area contributed by atoms with Crippen molar-refractivity contribution >= 4 is 11.9 Å². The number of hydrogen-bond donors (Lipinski definition) is 0. The zero-order valence-electron chi connectivity index (χ0n) is 10.2. The van der Waals surface area contributed by atoms with Crippen LogP contribution >= 0.6 is 0 Å². The maximum Gasteiger partial charge on any atom is 0.422 e. The summed E-state index contributed by atoms with van der Waals surface area (Å²) in [5, 5.41) is 0. The second-order valence-electron chi connectivity index (χ2n) is 3.72. The monoisotopic (exact) mass is 334 g/mol. The highest BCUT2D eigenvalue weighted by molar-refractivity contribution is 6.30. The summed E-state index contributed by atoms with van der Waals surface area (Å²) in [6.07, 6.45) is -9.99. The molecule has 0 fully saturated rings. The van der Waals surface area contributed by atoms with Gasteiger partial charge in [0.25, 0.3) is 0 Å². The smallest absolute Gasteiger partial charge is 0.422 e. The fourth-order valence-corrected chi connectivity index (χ4v) is 1.14. The van der Waals surface area contributed by atoms with Crippen LogP contribution < -0.4 is 4.74 Å². The molecule has 0 aliphatic carbocycles. The minimum absolute atomic E-state index is 0.0737. The molecule has 122 valence electrons. The first-order valence-electron chi connectivity index (χ1n) is 5.22. The molecule has 0 saturated carbocycles. The van der Waals surface area contributed by atoms with Gasteiger partial charge in [0, 0.05) is 0 Å². The van der Waals surface area contributed by atoms with Crippen LogP contribution in [0.2, 0.25) is 0 Å². The molecule has 0 saturated heterocycles. The summed E-state index contributed by atoms with van der Waals surface area (Å²) in [4.78, 5) is 21.9. The number of benzene rings is 1. The van der Waals surface area contributed by atoms with Gasteiger partial charge in [-0.15, -0.1) is 0 Å². The van der Waals surface area contributed by atoms with E-state index in [0.29, 0.717) is 12.1 Å². The molecule has 0 unspecified atom stereocenters. The first-order valence-corrected chi connectivity index (χ1v) is 5.22. The van der Waals surface area contributed by atoms with Crippen LogP contribution in [0.4, 0.5) is 30.7 Å². The zero-order chi connectivity index (χ0) is 17.1. The number of esters is 2. The quantitative estimate of drug-likeness (QED) is 0.361. The fraction of sp³-hybridized carbons (Fsp3) is 0.273. The lowest BCUT2D eigenvalue weighted by molar-refractivity contribution is -0.190. The summed E-state index contributed by atoms with van der Waals surface area (Å²) in [6.45, 7) is -2.07. The van der Waals surface area contributed by atoms with Crippen LogP contribution in [0.1, 0.15) is 5.56 Å². The second-order valence-corrected chi connectivity index (χ2v) is 3.72. The maximum atomic E-state index is 12.9. The van der Waals surface area contributed by atoms with Crippen LogP contribution in [-0.2, 0) is 20.5 Å². The van der Waals surface area contributed by atoms with E-state index in [-0.39, 0.29) is 6.07 Å². The van der Waals surface area contributed by atoms with Crippen LogP contribution in [0.15, 0.2) is 18.2 Å². The molecular formula is C11H5F7O4. The van der Waals surface area contributed by atoms with E-state index < -0.39 is 48.0 Å². The molecule has 0 aliphatic heterocycles. The SMILES string of the molecule is O=C(OCC(F)(F)F)C(=O)Oc1ccc(F)c(C(F)(F)F)c1. The third-order valence-corrected chi connectivity index (χ3v) is 1.99.